The zero-order valence-corrected chi connectivity index (χ0v) is 17.7. The molecular weight excluding hydrogens is 366 g/mol. The highest BCUT2D eigenvalue weighted by atomic mass is 32.2. The van der Waals surface area contributed by atoms with Gasteiger partial charge in [0.2, 0.25) is 0 Å². The lowest BCUT2D eigenvalue weighted by Crippen LogP contribution is -2.37. The van der Waals surface area contributed by atoms with Gasteiger partial charge in [0.05, 0.1) is 9.64 Å². The Bertz CT molecular complexity index is 893. The number of likely N-dealkylation sites (tertiary alicyclic amines) is 1. The fraction of sp³-hybridized carbons (Fsp3) is 0.500. The smallest absolute Gasteiger partial charge is 0.183 e. The van der Waals surface area contributed by atoms with Gasteiger partial charge >= 0.3 is 0 Å². The van der Waals surface area contributed by atoms with E-state index in [9.17, 15) is 8.42 Å². The van der Waals surface area contributed by atoms with Crippen molar-refractivity contribution in [2.24, 2.45) is 5.92 Å². The Morgan fingerprint density at radius 3 is 2.21 bits per heavy atom. The molecule has 2 aliphatic rings. The number of rotatable bonds is 7. The van der Waals surface area contributed by atoms with Crippen molar-refractivity contribution in [1.29, 1.82) is 0 Å². The minimum absolute atomic E-state index is 0.436. The van der Waals surface area contributed by atoms with Gasteiger partial charge in [-0.3, -0.25) is 0 Å². The number of fused-ring (bicyclic) bond motifs is 2. The number of piperidine rings is 1. The normalized spacial score (nSPS) is 25.3. The van der Waals surface area contributed by atoms with Crippen LogP contribution in [0.15, 0.2) is 65.6 Å². The zero-order chi connectivity index (χ0) is 19.8. The number of benzene rings is 2. The first-order valence-electron chi connectivity index (χ1n) is 10.5. The SMILES string of the molecule is CC(C)(CCCN1C[C@@H]2C[C@H]1C[C@H]2c1ccccc1)S(=O)(=O)c1ccccc1. The zero-order valence-electron chi connectivity index (χ0n) is 16.9. The van der Waals surface area contributed by atoms with Gasteiger partial charge < -0.3 is 4.90 Å². The predicted octanol–water partition coefficient (Wildman–Crippen LogP) is 4.90. The summed E-state index contributed by atoms with van der Waals surface area (Å²) < 4.78 is 25.3. The average Bonchev–Trinajstić information content (AvgIpc) is 3.30. The molecule has 2 bridgehead atoms. The van der Waals surface area contributed by atoms with Gasteiger partial charge in [0.25, 0.3) is 0 Å². The van der Waals surface area contributed by atoms with E-state index in [2.05, 4.69) is 35.2 Å². The molecule has 3 atom stereocenters. The van der Waals surface area contributed by atoms with Gasteiger partial charge in [-0.05, 0) is 75.6 Å². The molecule has 1 aliphatic carbocycles. The molecule has 3 nitrogen and oxygen atoms in total. The Labute approximate surface area is 169 Å². The van der Waals surface area contributed by atoms with Crippen molar-refractivity contribution in [3.8, 4) is 0 Å². The summed E-state index contributed by atoms with van der Waals surface area (Å²) in [5.41, 5.74) is 1.49. The van der Waals surface area contributed by atoms with Gasteiger partial charge in [-0.25, -0.2) is 8.42 Å². The van der Waals surface area contributed by atoms with Crippen molar-refractivity contribution in [3.63, 3.8) is 0 Å². The van der Waals surface area contributed by atoms with Crippen LogP contribution in [0.5, 0.6) is 0 Å². The lowest BCUT2D eigenvalue weighted by molar-refractivity contribution is 0.194. The van der Waals surface area contributed by atoms with E-state index in [1.807, 2.05) is 19.9 Å². The van der Waals surface area contributed by atoms with Gasteiger partial charge in [0.15, 0.2) is 9.84 Å². The fourth-order valence-corrected chi connectivity index (χ4v) is 6.76. The highest BCUT2D eigenvalue weighted by molar-refractivity contribution is 7.92. The van der Waals surface area contributed by atoms with Crippen molar-refractivity contribution in [3.05, 3.63) is 66.2 Å². The molecule has 2 aromatic carbocycles. The van der Waals surface area contributed by atoms with Crippen LogP contribution in [-0.4, -0.2) is 37.2 Å². The van der Waals surface area contributed by atoms with E-state index in [1.54, 1.807) is 24.3 Å². The van der Waals surface area contributed by atoms with Crippen LogP contribution >= 0.6 is 0 Å². The van der Waals surface area contributed by atoms with E-state index < -0.39 is 14.6 Å². The summed E-state index contributed by atoms with van der Waals surface area (Å²) in [6, 6.07) is 20.5. The molecule has 1 heterocycles. The molecule has 1 aliphatic heterocycles. The van der Waals surface area contributed by atoms with Crippen LogP contribution < -0.4 is 0 Å². The first kappa shape index (κ1) is 19.7. The quantitative estimate of drug-likeness (QED) is 0.667. The van der Waals surface area contributed by atoms with E-state index in [-0.39, 0.29) is 0 Å². The van der Waals surface area contributed by atoms with Crippen LogP contribution in [0.25, 0.3) is 0 Å². The standard InChI is InChI=1S/C24H31NO2S/c1-24(2,28(26,27)22-12-7-4-8-13-22)14-9-15-25-18-20-16-21(25)17-23(20)19-10-5-3-6-11-19/h3-8,10-13,20-21,23H,9,14-18H2,1-2H3/t20-,21-,23-/m0/s1. The molecule has 0 N–H and O–H groups in total. The molecule has 2 aromatic rings. The Hall–Kier alpha value is -1.65. The second kappa shape index (κ2) is 7.64. The van der Waals surface area contributed by atoms with Gasteiger partial charge in [-0.2, -0.15) is 0 Å². The number of sulfone groups is 1. The molecule has 1 saturated carbocycles. The minimum Gasteiger partial charge on any atom is -0.300 e. The number of nitrogens with zero attached hydrogens (tertiary/aromatic N) is 1. The summed E-state index contributed by atoms with van der Waals surface area (Å²) in [6.45, 7) is 5.92. The molecule has 1 saturated heterocycles. The molecule has 0 amide bonds. The van der Waals surface area contributed by atoms with Crippen LogP contribution in [0.1, 0.15) is 51.0 Å². The first-order valence-corrected chi connectivity index (χ1v) is 12.0. The van der Waals surface area contributed by atoms with Crippen LogP contribution in [0.3, 0.4) is 0 Å². The molecule has 150 valence electrons. The molecule has 4 heteroatoms. The monoisotopic (exact) mass is 397 g/mol. The maximum atomic E-state index is 13.0. The summed E-state index contributed by atoms with van der Waals surface area (Å²) in [4.78, 5) is 3.04. The van der Waals surface area contributed by atoms with Crippen molar-refractivity contribution in [2.45, 2.75) is 61.1 Å². The summed E-state index contributed by atoms with van der Waals surface area (Å²) in [5, 5.41) is 0. The Kier molecular flexibility index (Phi) is 5.36. The van der Waals surface area contributed by atoms with Crippen molar-refractivity contribution < 1.29 is 8.42 Å². The largest absolute Gasteiger partial charge is 0.300 e. The average molecular weight is 398 g/mol. The van der Waals surface area contributed by atoms with Gasteiger partial charge in [0.1, 0.15) is 0 Å². The Balaban J connectivity index is 1.32. The Morgan fingerprint density at radius 1 is 0.964 bits per heavy atom. The van der Waals surface area contributed by atoms with Crippen molar-refractivity contribution >= 4 is 9.84 Å². The van der Waals surface area contributed by atoms with Gasteiger partial charge in [-0.1, -0.05) is 48.5 Å². The maximum absolute atomic E-state index is 13.0. The molecule has 28 heavy (non-hydrogen) atoms. The molecule has 0 unspecified atom stereocenters. The van der Waals surface area contributed by atoms with E-state index in [1.165, 1.54) is 18.4 Å². The summed E-state index contributed by atoms with van der Waals surface area (Å²) in [5.74, 6) is 1.46. The summed E-state index contributed by atoms with van der Waals surface area (Å²) >= 11 is 0. The molecule has 0 spiro atoms. The van der Waals surface area contributed by atoms with E-state index >= 15 is 0 Å². The molecule has 0 radical (unpaired) electrons. The Morgan fingerprint density at radius 2 is 1.61 bits per heavy atom. The molecule has 0 aromatic heterocycles. The van der Waals surface area contributed by atoms with Crippen LogP contribution in [0, 0.1) is 5.92 Å². The van der Waals surface area contributed by atoms with Crippen LogP contribution in [0.4, 0.5) is 0 Å². The second-order valence-electron chi connectivity index (χ2n) is 9.08. The third-order valence-electron chi connectivity index (χ3n) is 6.89. The predicted molar refractivity (Wildman–Crippen MR) is 114 cm³/mol. The first-order chi connectivity index (χ1) is 13.4. The minimum atomic E-state index is -3.31. The fourth-order valence-electron chi connectivity index (χ4n) is 5.19. The molecule has 4 rings (SSSR count). The highest BCUT2D eigenvalue weighted by Gasteiger charge is 2.45. The van der Waals surface area contributed by atoms with Crippen LogP contribution in [-0.2, 0) is 9.84 Å². The number of hydrogen-bond donors (Lipinski definition) is 0. The summed E-state index contributed by atoms with van der Waals surface area (Å²) in [7, 11) is -3.31. The third kappa shape index (κ3) is 3.65. The topological polar surface area (TPSA) is 37.4 Å². The number of hydrogen-bond acceptors (Lipinski definition) is 3. The van der Waals surface area contributed by atoms with E-state index in [0.717, 1.165) is 25.4 Å². The summed E-state index contributed by atoms with van der Waals surface area (Å²) in [6.07, 6.45) is 4.17. The van der Waals surface area contributed by atoms with Crippen molar-refractivity contribution in [1.82, 2.24) is 4.90 Å². The maximum Gasteiger partial charge on any atom is 0.183 e. The van der Waals surface area contributed by atoms with E-state index in [4.69, 9.17) is 0 Å². The third-order valence-corrected chi connectivity index (χ3v) is 9.44. The lowest BCUT2D eigenvalue weighted by atomic mass is 9.87. The van der Waals surface area contributed by atoms with E-state index in [0.29, 0.717) is 23.3 Å². The van der Waals surface area contributed by atoms with Gasteiger partial charge in [-0.15, -0.1) is 0 Å². The second-order valence-corrected chi connectivity index (χ2v) is 11.7. The van der Waals surface area contributed by atoms with Crippen molar-refractivity contribution in [2.75, 3.05) is 13.1 Å². The van der Waals surface area contributed by atoms with Crippen LogP contribution in [0.2, 0.25) is 0 Å². The molecular formula is C24H31NO2S. The molecule has 2 fully saturated rings. The highest BCUT2D eigenvalue weighted by Crippen LogP contribution is 2.47. The lowest BCUT2D eigenvalue weighted by Gasteiger charge is -2.33. The van der Waals surface area contributed by atoms with Gasteiger partial charge in [0, 0.05) is 12.6 Å².